The number of hydrogen-bond donors (Lipinski definition) is 0. The molecule has 1 aromatic heterocycles. The molecule has 0 aliphatic carbocycles. The van der Waals surface area contributed by atoms with Crippen LogP contribution in [0.1, 0.15) is 0 Å². The van der Waals surface area contributed by atoms with E-state index in [1.807, 2.05) is 54.8 Å². The van der Waals surface area contributed by atoms with Gasteiger partial charge in [0.25, 0.3) is 0 Å². The molecule has 100 valence electrons. The summed E-state index contributed by atoms with van der Waals surface area (Å²) in [7, 11) is 1.64. The van der Waals surface area contributed by atoms with E-state index < -0.39 is 0 Å². The Morgan fingerprint density at radius 1 is 1.00 bits per heavy atom. The Morgan fingerprint density at radius 3 is 2.05 bits per heavy atom. The molecule has 2 aromatic carbocycles. The highest BCUT2D eigenvalue weighted by atomic mass is 32.2. The molecule has 0 fully saturated rings. The SMILES string of the molecule is COC(=Nc1c2ccccc2nc2ccccc12)SC. The van der Waals surface area contributed by atoms with Gasteiger partial charge in [0.2, 0.25) is 5.23 Å². The van der Waals surface area contributed by atoms with Gasteiger partial charge in [0, 0.05) is 10.8 Å². The molecule has 0 amide bonds. The van der Waals surface area contributed by atoms with Crippen LogP contribution in [0.5, 0.6) is 0 Å². The summed E-state index contributed by atoms with van der Waals surface area (Å²) in [5.74, 6) is 0. The largest absolute Gasteiger partial charge is 0.476 e. The highest BCUT2D eigenvalue weighted by Crippen LogP contribution is 2.33. The van der Waals surface area contributed by atoms with Crippen molar-refractivity contribution in [3.05, 3.63) is 48.5 Å². The lowest BCUT2D eigenvalue weighted by Gasteiger charge is -2.08. The number of rotatable bonds is 1. The van der Waals surface area contributed by atoms with Gasteiger partial charge in [-0.3, -0.25) is 0 Å². The van der Waals surface area contributed by atoms with Gasteiger partial charge in [-0.1, -0.05) is 48.2 Å². The fourth-order valence-electron chi connectivity index (χ4n) is 2.20. The molecule has 1 heterocycles. The monoisotopic (exact) mass is 282 g/mol. The molecule has 0 unspecified atom stereocenters. The maximum Gasteiger partial charge on any atom is 0.250 e. The zero-order valence-corrected chi connectivity index (χ0v) is 12.1. The number of methoxy groups -OCH3 is 1. The molecule has 0 spiro atoms. The zero-order chi connectivity index (χ0) is 13.9. The molecular weight excluding hydrogens is 268 g/mol. The summed E-state index contributed by atoms with van der Waals surface area (Å²) in [6.07, 6.45) is 1.95. The molecule has 20 heavy (non-hydrogen) atoms. The second-order valence-corrected chi connectivity index (χ2v) is 5.04. The summed E-state index contributed by atoms with van der Waals surface area (Å²) >= 11 is 1.49. The molecular formula is C16H14N2OS. The molecule has 0 aliphatic heterocycles. The van der Waals surface area contributed by atoms with Gasteiger partial charge in [0.15, 0.2) is 0 Å². The summed E-state index contributed by atoms with van der Waals surface area (Å²) in [4.78, 5) is 9.35. The lowest BCUT2D eigenvalue weighted by atomic mass is 10.1. The number of pyridine rings is 1. The fourth-order valence-corrected chi connectivity index (χ4v) is 2.55. The van der Waals surface area contributed by atoms with E-state index in [1.54, 1.807) is 7.11 Å². The van der Waals surface area contributed by atoms with Gasteiger partial charge < -0.3 is 4.74 Å². The lowest BCUT2D eigenvalue weighted by molar-refractivity contribution is 0.416. The van der Waals surface area contributed by atoms with Crippen LogP contribution >= 0.6 is 11.8 Å². The highest BCUT2D eigenvalue weighted by Gasteiger charge is 2.09. The smallest absolute Gasteiger partial charge is 0.250 e. The van der Waals surface area contributed by atoms with Gasteiger partial charge >= 0.3 is 0 Å². The number of fused-ring (bicyclic) bond motifs is 2. The van der Waals surface area contributed by atoms with Crippen molar-refractivity contribution >= 4 is 44.5 Å². The minimum Gasteiger partial charge on any atom is -0.476 e. The molecule has 0 radical (unpaired) electrons. The van der Waals surface area contributed by atoms with E-state index in [1.165, 1.54) is 11.8 Å². The third-order valence-electron chi connectivity index (χ3n) is 3.11. The van der Waals surface area contributed by atoms with Gasteiger partial charge in [-0.25, -0.2) is 9.98 Å². The van der Waals surface area contributed by atoms with Gasteiger partial charge in [-0.05, 0) is 18.4 Å². The van der Waals surface area contributed by atoms with Crippen molar-refractivity contribution in [2.45, 2.75) is 0 Å². The Kier molecular flexibility index (Phi) is 3.56. The first-order valence-electron chi connectivity index (χ1n) is 6.27. The van der Waals surface area contributed by atoms with E-state index in [-0.39, 0.29) is 0 Å². The van der Waals surface area contributed by atoms with Crippen molar-refractivity contribution in [2.24, 2.45) is 4.99 Å². The van der Waals surface area contributed by atoms with Crippen molar-refractivity contribution in [3.63, 3.8) is 0 Å². The van der Waals surface area contributed by atoms with Crippen LogP contribution in [0.2, 0.25) is 0 Å². The normalized spacial score (nSPS) is 12.0. The fraction of sp³-hybridized carbons (Fsp3) is 0.125. The van der Waals surface area contributed by atoms with Crippen LogP contribution in [0.3, 0.4) is 0 Å². The number of hydrogen-bond acceptors (Lipinski definition) is 4. The van der Waals surface area contributed by atoms with Crippen LogP contribution in [0.25, 0.3) is 21.8 Å². The van der Waals surface area contributed by atoms with Crippen LogP contribution < -0.4 is 0 Å². The molecule has 3 aromatic rings. The maximum absolute atomic E-state index is 5.29. The van der Waals surface area contributed by atoms with Crippen molar-refractivity contribution in [1.82, 2.24) is 4.98 Å². The Morgan fingerprint density at radius 2 is 1.55 bits per heavy atom. The molecule has 0 saturated heterocycles. The Balaban J connectivity index is 2.42. The van der Waals surface area contributed by atoms with Crippen molar-refractivity contribution < 1.29 is 4.74 Å². The second kappa shape index (κ2) is 5.51. The Bertz CT molecular complexity index is 739. The molecule has 3 rings (SSSR count). The first-order chi connectivity index (χ1) is 9.83. The number of para-hydroxylation sites is 2. The van der Waals surface area contributed by atoms with E-state index in [9.17, 15) is 0 Å². The first kappa shape index (κ1) is 12.9. The predicted octanol–water partition coefficient (Wildman–Crippen LogP) is 4.38. The van der Waals surface area contributed by atoms with Crippen LogP contribution in [-0.4, -0.2) is 23.6 Å². The standard InChI is InChI=1S/C16H14N2OS/c1-19-16(20-2)18-15-11-7-3-5-9-13(11)17-14-10-6-4-8-12(14)15/h3-10H,1-2H3. The summed E-state index contributed by atoms with van der Waals surface area (Å²) in [6.45, 7) is 0. The number of aromatic nitrogens is 1. The first-order valence-corrected chi connectivity index (χ1v) is 7.50. The quantitative estimate of drug-likeness (QED) is 0.377. The maximum atomic E-state index is 5.29. The van der Waals surface area contributed by atoms with Crippen LogP contribution in [0.4, 0.5) is 5.69 Å². The van der Waals surface area contributed by atoms with E-state index in [2.05, 4.69) is 9.98 Å². The van der Waals surface area contributed by atoms with E-state index in [4.69, 9.17) is 4.74 Å². The molecule has 0 bridgehead atoms. The van der Waals surface area contributed by atoms with E-state index in [0.717, 1.165) is 27.5 Å². The number of thioether (sulfide) groups is 1. The van der Waals surface area contributed by atoms with Gasteiger partial charge in [-0.2, -0.15) is 0 Å². The third-order valence-corrected chi connectivity index (χ3v) is 3.72. The lowest BCUT2D eigenvalue weighted by Crippen LogP contribution is -1.94. The second-order valence-electron chi connectivity index (χ2n) is 4.28. The van der Waals surface area contributed by atoms with Gasteiger partial charge in [0.1, 0.15) is 0 Å². The van der Waals surface area contributed by atoms with Crippen LogP contribution in [0.15, 0.2) is 53.5 Å². The van der Waals surface area contributed by atoms with Gasteiger partial charge in [-0.15, -0.1) is 0 Å². The van der Waals surface area contributed by atoms with Crippen molar-refractivity contribution in [3.8, 4) is 0 Å². The Hall–Kier alpha value is -2.07. The van der Waals surface area contributed by atoms with Crippen molar-refractivity contribution in [1.29, 1.82) is 0 Å². The van der Waals surface area contributed by atoms with Crippen molar-refractivity contribution in [2.75, 3.05) is 13.4 Å². The molecule has 0 saturated carbocycles. The molecule has 0 aliphatic rings. The minimum absolute atomic E-state index is 0.645. The van der Waals surface area contributed by atoms with Gasteiger partial charge in [0.05, 0.1) is 23.8 Å². The molecule has 3 nitrogen and oxygen atoms in total. The number of nitrogens with zero attached hydrogens (tertiary/aromatic N) is 2. The Labute approximate surface area is 121 Å². The topological polar surface area (TPSA) is 34.5 Å². The number of aliphatic imine (C=N–C) groups is 1. The van der Waals surface area contributed by atoms with E-state index >= 15 is 0 Å². The highest BCUT2D eigenvalue weighted by molar-refractivity contribution is 8.12. The predicted molar refractivity (Wildman–Crippen MR) is 86.9 cm³/mol. The van der Waals surface area contributed by atoms with Crippen LogP contribution in [-0.2, 0) is 4.74 Å². The summed E-state index contributed by atoms with van der Waals surface area (Å²) in [5, 5.41) is 2.72. The van der Waals surface area contributed by atoms with Crippen LogP contribution in [0, 0.1) is 0 Å². The number of benzene rings is 2. The average Bonchev–Trinajstić information content (AvgIpc) is 2.51. The summed E-state index contributed by atoms with van der Waals surface area (Å²) in [5.41, 5.74) is 2.81. The molecule has 0 atom stereocenters. The summed E-state index contributed by atoms with van der Waals surface area (Å²) in [6, 6.07) is 16.1. The zero-order valence-electron chi connectivity index (χ0n) is 11.3. The molecule has 0 N–H and O–H groups in total. The third kappa shape index (κ3) is 2.23. The average molecular weight is 282 g/mol. The minimum atomic E-state index is 0.645. The van der Waals surface area contributed by atoms with E-state index in [0.29, 0.717) is 5.23 Å². The summed E-state index contributed by atoms with van der Waals surface area (Å²) < 4.78 is 5.29. The number of ether oxygens (including phenoxy) is 1. The molecule has 4 heteroatoms.